The molecule has 6 heteroatoms. The number of carbonyl (C=O) groups excluding carboxylic acids is 1. The van der Waals surface area contributed by atoms with Gasteiger partial charge >= 0.3 is 0 Å². The van der Waals surface area contributed by atoms with Crippen molar-refractivity contribution in [1.82, 2.24) is 4.90 Å². The lowest BCUT2D eigenvalue weighted by atomic mass is 9.81. The molecule has 0 radical (unpaired) electrons. The quantitative estimate of drug-likeness (QED) is 0.788. The number of nitrogens with zero attached hydrogens (tertiary/aromatic N) is 1. The molecule has 0 unspecified atom stereocenters. The summed E-state index contributed by atoms with van der Waals surface area (Å²) >= 11 is 1.66. The topological polar surface area (TPSA) is 59.0 Å². The molecule has 1 saturated heterocycles. The van der Waals surface area contributed by atoms with Gasteiger partial charge in [0.2, 0.25) is 6.29 Å². The van der Waals surface area contributed by atoms with Crippen molar-refractivity contribution in [2.45, 2.75) is 51.2 Å². The second-order valence-corrected chi connectivity index (χ2v) is 7.72. The molecule has 0 aliphatic carbocycles. The number of allylic oxidation sites excluding steroid dienone is 1. The van der Waals surface area contributed by atoms with Crippen LogP contribution >= 0.6 is 11.3 Å². The van der Waals surface area contributed by atoms with Crippen LogP contribution in [0.25, 0.3) is 0 Å². The molecular formula is C20H29NO4S. The van der Waals surface area contributed by atoms with Crippen LogP contribution in [0.5, 0.6) is 0 Å². The maximum absolute atomic E-state index is 13.0. The highest BCUT2D eigenvalue weighted by molar-refractivity contribution is 7.08. The summed E-state index contributed by atoms with van der Waals surface area (Å²) in [4.78, 5) is 14.9. The highest BCUT2D eigenvalue weighted by Gasteiger charge is 2.39. The van der Waals surface area contributed by atoms with Crippen molar-refractivity contribution in [2.75, 3.05) is 26.3 Å². The standard InChI is InChI=1S/C20H29NO4S/c1-2-24-20-16(7-6-11-22)17(15-8-12-26-14-15)13-18(25-20)19(23)21-9-4-3-5-10-21/h8,12-14,16-17,20,22H,2-7,9-11H2,1H3/t16-,17-,20-/m0/s1. The second-order valence-electron chi connectivity index (χ2n) is 6.94. The fourth-order valence-corrected chi connectivity index (χ4v) is 4.56. The highest BCUT2D eigenvalue weighted by Crippen LogP contribution is 2.40. The van der Waals surface area contributed by atoms with E-state index in [-0.39, 0.29) is 24.3 Å². The van der Waals surface area contributed by atoms with Crippen molar-refractivity contribution < 1.29 is 19.4 Å². The first-order valence-electron chi connectivity index (χ1n) is 9.67. The Morgan fingerprint density at radius 1 is 1.38 bits per heavy atom. The van der Waals surface area contributed by atoms with Gasteiger partial charge in [-0.1, -0.05) is 0 Å². The van der Waals surface area contributed by atoms with Crippen molar-refractivity contribution in [3.05, 3.63) is 34.2 Å². The fourth-order valence-electron chi connectivity index (χ4n) is 3.85. The molecule has 0 saturated carbocycles. The fraction of sp³-hybridized carbons (Fsp3) is 0.650. The number of likely N-dealkylation sites (tertiary alicyclic amines) is 1. The Morgan fingerprint density at radius 3 is 2.85 bits per heavy atom. The molecule has 1 aromatic rings. The Balaban J connectivity index is 1.87. The summed E-state index contributed by atoms with van der Waals surface area (Å²) in [5, 5.41) is 13.5. The van der Waals surface area contributed by atoms with Gasteiger partial charge in [-0.05, 0) is 67.5 Å². The lowest BCUT2D eigenvalue weighted by Crippen LogP contribution is -2.42. The third kappa shape index (κ3) is 4.48. The molecule has 0 aromatic carbocycles. The van der Waals surface area contributed by atoms with Crippen LogP contribution in [0.4, 0.5) is 0 Å². The summed E-state index contributed by atoms with van der Waals surface area (Å²) in [5.74, 6) is 0.563. The first-order chi connectivity index (χ1) is 12.7. The van der Waals surface area contributed by atoms with Crippen molar-refractivity contribution in [3.8, 4) is 0 Å². The van der Waals surface area contributed by atoms with Gasteiger partial charge in [0.05, 0.1) is 0 Å². The van der Waals surface area contributed by atoms with Crippen molar-refractivity contribution in [1.29, 1.82) is 0 Å². The Labute approximate surface area is 159 Å². The number of hydrogen-bond donors (Lipinski definition) is 1. The molecule has 3 atom stereocenters. The molecule has 1 N–H and O–H groups in total. The Hall–Kier alpha value is -1.37. The molecular weight excluding hydrogens is 350 g/mol. The van der Waals surface area contributed by atoms with E-state index in [0.717, 1.165) is 32.4 Å². The van der Waals surface area contributed by atoms with Gasteiger partial charge in [-0.25, -0.2) is 0 Å². The highest BCUT2D eigenvalue weighted by atomic mass is 32.1. The Morgan fingerprint density at radius 2 is 2.19 bits per heavy atom. The van der Waals surface area contributed by atoms with Crippen LogP contribution in [0.1, 0.15) is 50.5 Å². The molecule has 26 heavy (non-hydrogen) atoms. The summed E-state index contributed by atoms with van der Waals surface area (Å²) in [6, 6.07) is 2.11. The van der Waals surface area contributed by atoms with E-state index in [4.69, 9.17) is 9.47 Å². The zero-order valence-corrected chi connectivity index (χ0v) is 16.2. The molecule has 3 heterocycles. The van der Waals surface area contributed by atoms with E-state index in [9.17, 15) is 9.90 Å². The van der Waals surface area contributed by atoms with Gasteiger partial charge < -0.3 is 19.5 Å². The van der Waals surface area contributed by atoms with Gasteiger partial charge in [0.25, 0.3) is 5.91 Å². The van der Waals surface area contributed by atoms with Crippen molar-refractivity contribution in [3.63, 3.8) is 0 Å². The minimum Gasteiger partial charge on any atom is -0.459 e. The monoisotopic (exact) mass is 379 g/mol. The molecule has 1 fully saturated rings. The van der Waals surface area contributed by atoms with Crippen LogP contribution in [0.3, 0.4) is 0 Å². The summed E-state index contributed by atoms with van der Waals surface area (Å²) < 4.78 is 11.9. The number of aliphatic hydroxyl groups is 1. The summed E-state index contributed by atoms with van der Waals surface area (Å²) in [7, 11) is 0. The second kappa shape index (κ2) is 9.53. The van der Waals surface area contributed by atoms with E-state index in [1.807, 2.05) is 17.9 Å². The van der Waals surface area contributed by atoms with Crippen LogP contribution in [-0.2, 0) is 14.3 Å². The normalized spacial score (nSPS) is 26.3. The summed E-state index contributed by atoms with van der Waals surface area (Å²) in [6.45, 7) is 4.22. The van der Waals surface area contributed by atoms with E-state index in [2.05, 4.69) is 16.8 Å². The van der Waals surface area contributed by atoms with Gasteiger partial charge in [0.15, 0.2) is 5.76 Å². The maximum Gasteiger partial charge on any atom is 0.288 e. The number of aliphatic hydroxyl groups excluding tert-OH is 1. The zero-order chi connectivity index (χ0) is 18.4. The molecule has 1 aromatic heterocycles. The van der Waals surface area contributed by atoms with Gasteiger partial charge in [-0.15, -0.1) is 0 Å². The number of rotatable bonds is 7. The lowest BCUT2D eigenvalue weighted by Gasteiger charge is -2.38. The molecule has 1 amide bonds. The molecule has 144 valence electrons. The number of carbonyl (C=O) groups is 1. The maximum atomic E-state index is 13.0. The number of piperidine rings is 1. The van der Waals surface area contributed by atoms with Crippen LogP contribution in [0, 0.1) is 5.92 Å². The average Bonchev–Trinajstić information content (AvgIpc) is 3.21. The summed E-state index contributed by atoms with van der Waals surface area (Å²) in [5.41, 5.74) is 1.19. The predicted molar refractivity (Wildman–Crippen MR) is 102 cm³/mol. The molecule has 0 bridgehead atoms. The molecule has 3 rings (SSSR count). The van der Waals surface area contributed by atoms with Crippen LogP contribution in [0.15, 0.2) is 28.7 Å². The first-order valence-corrected chi connectivity index (χ1v) is 10.6. The zero-order valence-electron chi connectivity index (χ0n) is 15.4. The lowest BCUT2D eigenvalue weighted by molar-refractivity contribution is -0.170. The van der Waals surface area contributed by atoms with Crippen LogP contribution < -0.4 is 0 Å². The Bertz CT molecular complexity index is 595. The minimum absolute atomic E-state index is 0.0183. The first kappa shape index (κ1) is 19.4. The predicted octanol–water partition coefficient (Wildman–Crippen LogP) is 3.51. The van der Waals surface area contributed by atoms with Crippen LogP contribution in [-0.4, -0.2) is 48.5 Å². The van der Waals surface area contributed by atoms with Crippen molar-refractivity contribution in [2.24, 2.45) is 5.92 Å². The minimum atomic E-state index is -0.454. The summed E-state index contributed by atoms with van der Waals surface area (Å²) in [6.07, 6.45) is 6.32. The van der Waals surface area contributed by atoms with Crippen molar-refractivity contribution >= 4 is 17.2 Å². The largest absolute Gasteiger partial charge is 0.459 e. The number of ether oxygens (including phenoxy) is 2. The molecule has 2 aliphatic heterocycles. The van der Waals surface area contributed by atoms with Gasteiger partial charge in [-0.3, -0.25) is 4.79 Å². The third-order valence-electron chi connectivity index (χ3n) is 5.19. The van der Waals surface area contributed by atoms with Crippen LogP contribution in [0.2, 0.25) is 0 Å². The number of hydrogen-bond acceptors (Lipinski definition) is 5. The van der Waals surface area contributed by atoms with Gasteiger partial charge in [0.1, 0.15) is 0 Å². The molecule has 5 nitrogen and oxygen atoms in total. The van der Waals surface area contributed by atoms with E-state index in [1.165, 1.54) is 12.0 Å². The molecule has 2 aliphatic rings. The van der Waals surface area contributed by atoms with E-state index < -0.39 is 6.29 Å². The van der Waals surface area contributed by atoms with E-state index >= 15 is 0 Å². The third-order valence-corrected chi connectivity index (χ3v) is 5.90. The smallest absolute Gasteiger partial charge is 0.288 e. The van der Waals surface area contributed by atoms with E-state index in [0.29, 0.717) is 18.8 Å². The van der Waals surface area contributed by atoms with Gasteiger partial charge in [-0.2, -0.15) is 11.3 Å². The number of thiophene rings is 1. The van der Waals surface area contributed by atoms with E-state index in [1.54, 1.807) is 11.3 Å². The van der Waals surface area contributed by atoms with Gasteiger partial charge in [0, 0.05) is 38.1 Å². The number of amides is 1. The average molecular weight is 380 g/mol. The SMILES string of the molecule is CCO[C@H]1OC(C(=O)N2CCCCC2)=C[C@@H](c2ccsc2)[C@@H]1CCCO. The molecule has 0 spiro atoms. The Kier molecular flexibility index (Phi) is 7.11.